The normalized spacial score (nSPS) is 17.8. The molecule has 7 aromatic rings. The molecule has 0 saturated carbocycles. The van der Waals surface area contributed by atoms with Gasteiger partial charge in [0.25, 0.3) is 0 Å². The summed E-state index contributed by atoms with van der Waals surface area (Å²) in [6, 6.07) is 21.6. The van der Waals surface area contributed by atoms with Crippen LogP contribution in [0.3, 0.4) is 0 Å². The number of Topliss-reactive ketones (excluding diaryl/α,β-unsaturated/α-hetero) is 2. The summed E-state index contributed by atoms with van der Waals surface area (Å²) in [5, 5.41) is 54.4. The van der Waals surface area contributed by atoms with Crippen molar-refractivity contribution in [3.05, 3.63) is 160 Å². The first-order valence-electron chi connectivity index (χ1n) is 33.4. The number of fused-ring (bicyclic) bond motifs is 4. The van der Waals surface area contributed by atoms with E-state index in [-0.39, 0.29) is 82.1 Å². The molecular formula is C70H77N17O16S4. The summed E-state index contributed by atoms with van der Waals surface area (Å²) in [7, 11) is 0. The van der Waals surface area contributed by atoms with Crippen LogP contribution in [0.15, 0.2) is 152 Å². The molecule has 562 valence electrons. The van der Waals surface area contributed by atoms with Crippen molar-refractivity contribution in [2.45, 2.75) is 108 Å². The molecule has 12 rings (SSSR count). The molecule has 5 aliphatic rings. The van der Waals surface area contributed by atoms with Crippen LogP contribution >= 0.6 is 46.2 Å². The van der Waals surface area contributed by atoms with Gasteiger partial charge >= 0.3 is 11.9 Å². The molecule has 37 heteroatoms. The van der Waals surface area contributed by atoms with Crippen LogP contribution in [-0.2, 0) is 80.8 Å². The van der Waals surface area contributed by atoms with E-state index in [1.54, 1.807) is 0 Å². The summed E-state index contributed by atoms with van der Waals surface area (Å²) < 4.78 is 19.4. The number of carboxylic acid groups (broad SMARTS) is 4. The van der Waals surface area contributed by atoms with Crippen molar-refractivity contribution in [2.24, 2.45) is 44.3 Å². The van der Waals surface area contributed by atoms with Gasteiger partial charge in [0.2, 0.25) is 23.0 Å². The number of benzene rings is 2. The molecule has 5 aliphatic heterocycles. The molecular weight excluding hydrogens is 1460 g/mol. The number of thioether (sulfide) groups is 2. The maximum Gasteiger partial charge on any atom is 0.350 e. The number of thiazole rings is 2. The third-order valence-electron chi connectivity index (χ3n) is 17.8. The summed E-state index contributed by atoms with van der Waals surface area (Å²) in [6.07, 6.45) is 8.48. The van der Waals surface area contributed by atoms with Crippen molar-refractivity contribution in [2.75, 3.05) is 54.2 Å². The number of aliphatic imine (C=N–C) groups is 1. The lowest BCUT2D eigenvalue weighted by Crippen LogP contribution is -2.63. The number of nitrogen functional groups attached to an aromatic ring is 2. The van der Waals surface area contributed by atoms with Gasteiger partial charge in [0.15, 0.2) is 76.7 Å². The predicted molar refractivity (Wildman–Crippen MR) is 392 cm³/mol. The van der Waals surface area contributed by atoms with Gasteiger partial charge in [-0.2, -0.15) is 0 Å². The third kappa shape index (κ3) is 17.7. The number of anilines is 3. The number of ketones is 2. The topological polar surface area (TPSA) is 480 Å². The summed E-state index contributed by atoms with van der Waals surface area (Å²) in [5.74, 6) is -6.57. The van der Waals surface area contributed by atoms with Crippen LogP contribution in [0.25, 0.3) is 10.9 Å². The number of allylic oxidation sites excluding steroid dienone is 1. The Balaban J connectivity index is 0.000000213. The zero-order chi connectivity index (χ0) is 76.8. The van der Waals surface area contributed by atoms with E-state index in [1.165, 1.54) is 71.8 Å². The Bertz CT molecular complexity index is 4800. The molecule has 0 spiro atoms. The van der Waals surface area contributed by atoms with Crippen LogP contribution in [0.1, 0.15) is 75.9 Å². The number of oxime groups is 2. The van der Waals surface area contributed by atoms with E-state index in [0.717, 1.165) is 69.2 Å². The average Bonchev–Trinajstić information content (AvgIpc) is 1.20. The van der Waals surface area contributed by atoms with Crippen LogP contribution in [0.4, 0.5) is 16.1 Å². The Morgan fingerprint density at radius 3 is 1.68 bits per heavy atom. The molecule has 2 fully saturated rings. The lowest BCUT2D eigenvalue weighted by Gasteiger charge is -2.50. The third-order valence-corrected chi connectivity index (χ3v) is 22.0. The maximum atomic E-state index is 13.5. The molecule has 0 unspecified atom stereocenters. The number of hydrogen-bond donors (Lipinski definition) is 7. The lowest BCUT2D eigenvalue weighted by atomic mass is 9.89. The van der Waals surface area contributed by atoms with Gasteiger partial charge in [0, 0.05) is 83.8 Å². The van der Waals surface area contributed by atoms with Gasteiger partial charge in [-0.25, -0.2) is 24.1 Å². The molecule has 5 aromatic heterocycles. The number of guanidine groups is 1. The number of carbonyl (C=O) groups excluding carboxylic acids is 6. The van der Waals surface area contributed by atoms with Crippen molar-refractivity contribution < 1.29 is 87.2 Å². The van der Waals surface area contributed by atoms with Gasteiger partial charge in [-0.1, -0.05) is 41.2 Å². The van der Waals surface area contributed by atoms with Gasteiger partial charge in [-0.3, -0.25) is 34.0 Å². The van der Waals surface area contributed by atoms with Crippen LogP contribution in [0, 0.1) is 11.8 Å². The molecule has 0 bridgehead atoms. The second-order valence-electron chi connectivity index (χ2n) is 26.4. The highest BCUT2D eigenvalue weighted by molar-refractivity contribution is 8.00. The first-order valence-corrected chi connectivity index (χ1v) is 37.3. The minimum atomic E-state index is -1.76. The van der Waals surface area contributed by atoms with E-state index in [1.807, 2.05) is 101 Å². The minimum Gasteiger partial charge on any atom is -0.543 e. The van der Waals surface area contributed by atoms with Gasteiger partial charge in [-0.15, -0.1) is 55.6 Å². The molecule has 107 heavy (non-hydrogen) atoms. The van der Waals surface area contributed by atoms with Gasteiger partial charge in [-0.05, 0) is 82.0 Å². The van der Waals surface area contributed by atoms with E-state index in [4.69, 9.17) is 47.8 Å². The molecule has 2 aromatic carbocycles. The smallest absolute Gasteiger partial charge is 0.350 e. The van der Waals surface area contributed by atoms with Crippen molar-refractivity contribution in [1.82, 2.24) is 29.0 Å². The number of carboxylic acids is 4. The summed E-state index contributed by atoms with van der Waals surface area (Å²) in [6.45, 7) is 13.2. The van der Waals surface area contributed by atoms with Crippen LogP contribution in [-0.4, -0.2) is 164 Å². The summed E-state index contributed by atoms with van der Waals surface area (Å²) >= 11 is 4.81. The quantitative estimate of drug-likeness (QED) is 0.00768. The lowest BCUT2D eigenvalue weighted by molar-refractivity contribution is -0.766. The van der Waals surface area contributed by atoms with Gasteiger partial charge < -0.3 is 87.3 Å². The fourth-order valence-electron chi connectivity index (χ4n) is 12.2. The number of rotatable bonds is 33. The van der Waals surface area contributed by atoms with Gasteiger partial charge in [0.05, 0.1) is 82.6 Å². The van der Waals surface area contributed by atoms with E-state index in [9.17, 15) is 58.8 Å². The molecule has 2 saturated heterocycles. The Hall–Kier alpha value is -11.3. The number of amides is 2. The maximum absolute atomic E-state index is 13.5. The first-order chi connectivity index (χ1) is 50.9. The molecule has 2 amide bonds. The summed E-state index contributed by atoms with van der Waals surface area (Å²) in [5.41, 5.74) is 28.3. The Labute approximate surface area is 628 Å². The first kappa shape index (κ1) is 76.8. The standard InChI is InChI=1S/C35H37N9O8S2.C35H40N8O8S2/c1-35(2,32(49)50)52-41-27(24-18-54-34(38)40-24)26(45)13-23-29(46)44-28(31(47)48)21(17-53-30(23)44)16-42-10-8-25-20(15-42)7-11-43(25)14-19-3-5-22(6-4-19)51-12-9-39-33(36)37;1-20(36)5-4-14-50-23-8-6-21(7-9-23)16-40-12-13-42-27(40)10-11-41(42)17-22-18-52-31-24(30(45)43(31)29(22)32(46)47)15-26(44)28(25-19-53-34(37)38-25)39-51-35(2,3)33(48)49/h3-8,10-11,15,18,23,30H,9,12-14,16-17H2,1-2H3,(H7-,36,37,38,39,40,47,48,49,50);6-11,19,24,31H,1,4-5,12-18,36H2,2-3H3,(H3-,37,38,46,47,48,49)/b41-27-;39-28-/t23-,30-;24-,31-/m11/s1. The predicted octanol–water partition coefficient (Wildman–Crippen LogP) is 1.69. The number of aliphatic carboxylic acids is 4. The number of hydrogen-bond acceptors (Lipinski definition) is 27. The Morgan fingerprint density at radius 1 is 0.682 bits per heavy atom. The number of β-lactam (4-membered cyclic amide) rings is 2. The van der Waals surface area contributed by atoms with E-state index in [2.05, 4.69) is 46.0 Å². The fraction of sp³-hybridized carbons (Fsp3) is 0.357. The fourth-order valence-corrected chi connectivity index (χ4v) is 16.1. The largest absolute Gasteiger partial charge is 0.543 e. The second kappa shape index (κ2) is 32.6. The molecule has 0 aliphatic carbocycles. The van der Waals surface area contributed by atoms with E-state index in [0.29, 0.717) is 74.2 Å². The second-order valence-corrected chi connectivity index (χ2v) is 30.4. The number of nitrogens with zero attached hydrogens (tertiary/aromatic N) is 12. The Kier molecular flexibility index (Phi) is 23.4. The van der Waals surface area contributed by atoms with Crippen molar-refractivity contribution >= 4 is 138 Å². The van der Waals surface area contributed by atoms with Crippen molar-refractivity contribution in [3.8, 4) is 11.5 Å². The van der Waals surface area contributed by atoms with Crippen molar-refractivity contribution in [1.29, 1.82) is 0 Å². The zero-order valence-corrected chi connectivity index (χ0v) is 61.7. The number of ether oxygens (including phenoxy) is 2. The highest BCUT2D eigenvalue weighted by atomic mass is 32.2. The van der Waals surface area contributed by atoms with Gasteiger partial charge in [0.1, 0.15) is 29.5 Å². The molecule has 33 nitrogen and oxygen atoms in total. The minimum absolute atomic E-state index is 0.0174. The SMILES string of the molecule is C=C(N)CCCOc1ccc(CN2CCn3c2cc[n+]3CC2=C(C(=O)[O-])N3C(=O)[C@@H](CC(=O)/C(=N\OC(C)(C)C(=O)O)c4csc(N)n4)[C@H]3SC2)cc1.CC(C)(O/N=C(\C(=O)C[C@@H]1C(=O)N2C(C(=O)[O-])=C(C[n+]3ccc4c(ccn4Cc4ccc(OCCN=C(N)N)cc4)c3)CS[C@H]12)c1csc(N)n1)C(=O)O. The monoisotopic (exact) mass is 1540 g/mol. The average molecular weight is 1540 g/mol. The van der Waals surface area contributed by atoms with E-state index >= 15 is 0 Å². The van der Waals surface area contributed by atoms with Crippen LogP contribution in [0.2, 0.25) is 0 Å². The number of aromatic nitrogens is 6. The number of nitrogens with two attached hydrogens (primary N) is 5. The highest BCUT2D eigenvalue weighted by Crippen LogP contribution is 2.47. The summed E-state index contributed by atoms with van der Waals surface area (Å²) in [4.78, 5) is 129. The Morgan fingerprint density at radius 2 is 1.20 bits per heavy atom. The molecule has 10 heterocycles. The number of pyridine rings is 1. The highest BCUT2D eigenvalue weighted by Gasteiger charge is 2.55. The van der Waals surface area contributed by atoms with Crippen LogP contribution < -0.4 is 62.5 Å². The van der Waals surface area contributed by atoms with Crippen LogP contribution in [0.5, 0.6) is 11.5 Å². The van der Waals surface area contributed by atoms with E-state index < -0.39 is 81.0 Å². The number of carbonyl (C=O) groups is 8. The van der Waals surface area contributed by atoms with Crippen molar-refractivity contribution in [3.63, 3.8) is 0 Å². The molecule has 12 N–H and O–H groups in total. The zero-order valence-electron chi connectivity index (χ0n) is 58.4. The molecule has 0 radical (unpaired) electrons. The molecule has 4 atom stereocenters.